The van der Waals surface area contributed by atoms with Gasteiger partial charge in [-0.2, -0.15) is 4.31 Å². The number of carbonyl (C=O) groups is 1. The number of aliphatic hydroxyl groups is 1. The van der Waals surface area contributed by atoms with Gasteiger partial charge in [0.15, 0.2) is 0 Å². The van der Waals surface area contributed by atoms with Gasteiger partial charge in [0.1, 0.15) is 16.8 Å². The number of rotatable bonds is 3. The molecule has 0 spiro atoms. The number of benzene rings is 1. The highest BCUT2D eigenvalue weighted by molar-refractivity contribution is 7.89. The number of β-amino-alcohol motifs (C(OH)–C–C–N with tert-alkyl or cyclic N) is 1. The van der Waals surface area contributed by atoms with Crippen molar-refractivity contribution in [2.75, 3.05) is 6.54 Å². The number of hydrogen-bond acceptors (Lipinski definition) is 4. The van der Waals surface area contributed by atoms with Crippen molar-refractivity contribution >= 4 is 27.6 Å². The maximum atomic E-state index is 13.7. The van der Waals surface area contributed by atoms with Crippen LogP contribution in [0.25, 0.3) is 0 Å². The highest BCUT2D eigenvalue weighted by Crippen LogP contribution is 2.29. The Morgan fingerprint density at radius 2 is 2.10 bits per heavy atom. The Morgan fingerprint density at radius 1 is 1.45 bits per heavy atom. The van der Waals surface area contributed by atoms with E-state index in [1.54, 1.807) is 0 Å². The van der Waals surface area contributed by atoms with Gasteiger partial charge in [-0.25, -0.2) is 12.8 Å². The number of hydrogen-bond donors (Lipinski definition) is 2. The lowest BCUT2D eigenvalue weighted by Crippen LogP contribution is -2.40. The monoisotopic (exact) mass is 323 g/mol. The Hall–Kier alpha value is -1.22. The molecule has 0 amide bonds. The first kappa shape index (κ1) is 15.2. The van der Waals surface area contributed by atoms with E-state index >= 15 is 0 Å². The largest absolute Gasteiger partial charge is 0.480 e. The summed E-state index contributed by atoms with van der Waals surface area (Å²) in [6.07, 6.45) is -1.33. The molecular weight excluding hydrogens is 313 g/mol. The van der Waals surface area contributed by atoms with Gasteiger partial charge in [0.05, 0.1) is 6.10 Å². The second-order valence-electron chi connectivity index (χ2n) is 4.39. The third kappa shape index (κ3) is 2.64. The minimum Gasteiger partial charge on any atom is -0.480 e. The van der Waals surface area contributed by atoms with Crippen LogP contribution in [0, 0.1) is 5.82 Å². The van der Waals surface area contributed by atoms with Crippen LogP contribution in [0.15, 0.2) is 23.1 Å². The molecule has 1 aliphatic heterocycles. The van der Waals surface area contributed by atoms with Crippen LogP contribution in [0.1, 0.15) is 6.42 Å². The number of halogens is 2. The van der Waals surface area contributed by atoms with Crippen LogP contribution in [0.3, 0.4) is 0 Å². The molecule has 1 aliphatic rings. The van der Waals surface area contributed by atoms with Crippen LogP contribution in [0.4, 0.5) is 4.39 Å². The fourth-order valence-electron chi connectivity index (χ4n) is 2.09. The molecule has 1 aromatic rings. The summed E-state index contributed by atoms with van der Waals surface area (Å²) in [4.78, 5) is 10.4. The number of sulfonamides is 1. The number of nitrogens with zero attached hydrogens (tertiary/aromatic N) is 1. The summed E-state index contributed by atoms with van der Waals surface area (Å²) < 4.78 is 38.9. The van der Waals surface area contributed by atoms with Crippen LogP contribution in [0.2, 0.25) is 5.02 Å². The summed E-state index contributed by atoms with van der Waals surface area (Å²) in [6, 6.07) is 1.58. The second kappa shape index (κ2) is 5.28. The fourth-order valence-corrected chi connectivity index (χ4v) is 3.92. The maximum Gasteiger partial charge on any atom is 0.322 e. The van der Waals surface area contributed by atoms with Gasteiger partial charge in [0, 0.05) is 18.0 Å². The van der Waals surface area contributed by atoms with E-state index in [-0.39, 0.29) is 18.0 Å². The first-order valence-electron chi connectivity index (χ1n) is 5.61. The number of carboxylic acids is 1. The van der Waals surface area contributed by atoms with Crippen LogP contribution in [-0.4, -0.2) is 47.6 Å². The molecule has 2 atom stereocenters. The van der Waals surface area contributed by atoms with E-state index < -0.39 is 38.9 Å². The molecule has 1 heterocycles. The van der Waals surface area contributed by atoms with Crippen molar-refractivity contribution in [3.8, 4) is 0 Å². The van der Waals surface area contributed by atoms with E-state index in [0.29, 0.717) is 4.31 Å². The summed E-state index contributed by atoms with van der Waals surface area (Å²) in [5.74, 6) is -2.46. The van der Waals surface area contributed by atoms with Crippen molar-refractivity contribution in [1.82, 2.24) is 4.31 Å². The van der Waals surface area contributed by atoms with Crippen molar-refractivity contribution in [1.29, 1.82) is 0 Å². The number of aliphatic carboxylic acids is 1. The van der Waals surface area contributed by atoms with Crippen LogP contribution >= 0.6 is 11.6 Å². The average molecular weight is 324 g/mol. The molecule has 20 heavy (non-hydrogen) atoms. The van der Waals surface area contributed by atoms with E-state index in [0.717, 1.165) is 12.1 Å². The first-order valence-corrected chi connectivity index (χ1v) is 7.43. The van der Waals surface area contributed by atoms with Gasteiger partial charge < -0.3 is 10.2 Å². The molecule has 1 aromatic carbocycles. The maximum absolute atomic E-state index is 13.7. The Bertz CT molecular complexity index is 650. The number of aliphatic hydroxyl groups excluding tert-OH is 1. The van der Waals surface area contributed by atoms with E-state index in [4.69, 9.17) is 16.7 Å². The molecular formula is C11H11ClFNO5S. The van der Waals surface area contributed by atoms with Crippen LogP contribution in [0.5, 0.6) is 0 Å². The SMILES string of the molecule is O=C(O)[C@@H]1C[C@@H](O)CN1S(=O)(=O)c1ccc(Cl)cc1F. The fraction of sp³-hybridized carbons (Fsp3) is 0.364. The van der Waals surface area contributed by atoms with Gasteiger partial charge in [-0.1, -0.05) is 11.6 Å². The third-order valence-electron chi connectivity index (χ3n) is 3.00. The lowest BCUT2D eigenvalue weighted by atomic mass is 10.2. The summed E-state index contributed by atoms with van der Waals surface area (Å²) in [5.41, 5.74) is 0. The van der Waals surface area contributed by atoms with Crippen molar-refractivity contribution in [2.45, 2.75) is 23.5 Å². The minimum absolute atomic E-state index is 0.0256. The predicted molar refractivity (Wildman–Crippen MR) is 67.3 cm³/mol. The zero-order valence-electron chi connectivity index (χ0n) is 10.0. The molecule has 2 N–H and O–H groups in total. The van der Waals surface area contributed by atoms with E-state index in [2.05, 4.69) is 0 Å². The Kier molecular flexibility index (Phi) is 4.01. The molecule has 110 valence electrons. The molecule has 0 radical (unpaired) electrons. The molecule has 2 rings (SSSR count). The van der Waals surface area contributed by atoms with Crippen molar-refractivity contribution < 1.29 is 27.8 Å². The van der Waals surface area contributed by atoms with E-state index in [9.17, 15) is 22.7 Å². The van der Waals surface area contributed by atoms with Gasteiger partial charge >= 0.3 is 5.97 Å². The molecule has 0 aromatic heterocycles. The molecule has 1 fully saturated rings. The molecule has 1 saturated heterocycles. The Labute approximate surface area is 119 Å². The molecule has 0 bridgehead atoms. The molecule has 9 heteroatoms. The second-order valence-corrected chi connectivity index (χ2v) is 6.69. The molecule has 0 saturated carbocycles. The van der Waals surface area contributed by atoms with Crippen LogP contribution in [-0.2, 0) is 14.8 Å². The highest BCUT2D eigenvalue weighted by Gasteiger charge is 2.44. The number of carboxylic acid groups (broad SMARTS) is 1. The molecule has 6 nitrogen and oxygen atoms in total. The molecule has 0 unspecified atom stereocenters. The average Bonchev–Trinajstić information content (AvgIpc) is 2.71. The Morgan fingerprint density at radius 3 is 2.65 bits per heavy atom. The van der Waals surface area contributed by atoms with Crippen molar-refractivity contribution in [2.24, 2.45) is 0 Å². The summed E-state index contributed by atoms with van der Waals surface area (Å²) in [7, 11) is -4.35. The van der Waals surface area contributed by atoms with Crippen molar-refractivity contribution in [3.63, 3.8) is 0 Å². The lowest BCUT2D eigenvalue weighted by Gasteiger charge is -2.20. The third-order valence-corrected chi connectivity index (χ3v) is 5.14. The standard InChI is InChI=1S/C11H11ClFNO5S/c12-6-1-2-10(8(13)3-6)20(18,19)14-5-7(15)4-9(14)11(16)17/h1-3,7,9,15H,4-5H2,(H,16,17)/t7-,9+/m1/s1. The minimum atomic E-state index is -4.35. The highest BCUT2D eigenvalue weighted by atomic mass is 35.5. The summed E-state index contributed by atoms with van der Waals surface area (Å²) in [6.45, 7) is -0.388. The van der Waals surface area contributed by atoms with Gasteiger partial charge in [-0.05, 0) is 18.2 Å². The first-order chi connectivity index (χ1) is 9.23. The Balaban J connectivity index is 2.46. The summed E-state index contributed by atoms with van der Waals surface area (Å²) >= 11 is 5.55. The van der Waals surface area contributed by atoms with E-state index in [1.165, 1.54) is 6.07 Å². The van der Waals surface area contributed by atoms with Gasteiger partial charge in [-0.3, -0.25) is 4.79 Å². The predicted octanol–water partition coefficient (Wildman–Crippen LogP) is 0.688. The lowest BCUT2D eigenvalue weighted by molar-refractivity contribution is -0.140. The quantitative estimate of drug-likeness (QED) is 0.853. The van der Waals surface area contributed by atoms with Crippen LogP contribution < -0.4 is 0 Å². The normalized spacial score (nSPS) is 23.9. The molecule has 0 aliphatic carbocycles. The summed E-state index contributed by atoms with van der Waals surface area (Å²) in [5, 5.41) is 18.5. The van der Waals surface area contributed by atoms with Gasteiger partial charge in [-0.15, -0.1) is 0 Å². The zero-order valence-corrected chi connectivity index (χ0v) is 11.6. The smallest absolute Gasteiger partial charge is 0.322 e. The van der Waals surface area contributed by atoms with Crippen molar-refractivity contribution in [3.05, 3.63) is 29.0 Å². The van der Waals surface area contributed by atoms with Gasteiger partial charge in [0.2, 0.25) is 10.0 Å². The van der Waals surface area contributed by atoms with Gasteiger partial charge in [0.25, 0.3) is 0 Å². The van der Waals surface area contributed by atoms with E-state index in [1.807, 2.05) is 0 Å². The topological polar surface area (TPSA) is 94.9 Å². The zero-order chi connectivity index (χ0) is 15.1.